The number of fused-ring (bicyclic) bond motifs is 1. The van der Waals surface area contributed by atoms with Gasteiger partial charge in [-0.2, -0.15) is 4.31 Å². The number of benzene rings is 2. The van der Waals surface area contributed by atoms with E-state index in [9.17, 15) is 13.2 Å². The first-order valence-electron chi connectivity index (χ1n) is 10.9. The SMILES string of the molecule is O=C(COc1ccc(S(=O)(=O)N2CCOCC2)cc1Cl)NCCNc1ccnc2cc(Cl)ccc12. The van der Waals surface area contributed by atoms with Crippen molar-refractivity contribution in [3.05, 3.63) is 58.7 Å². The lowest BCUT2D eigenvalue weighted by molar-refractivity contribution is -0.123. The molecule has 0 spiro atoms. The van der Waals surface area contributed by atoms with E-state index in [0.29, 0.717) is 44.4 Å². The highest BCUT2D eigenvalue weighted by Crippen LogP contribution is 2.29. The van der Waals surface area contributed by atoms with Gasteiger partial charge in [0, 0.05) is 48.5 Å². The van der Waals surface area contributed by atoms with Crippen LogP contribution in [0.25, 0.3) is 10.9 Å². The molecule has 2 heterocycles. The molecule has 9 nitrogen and oxygen atoms in total. The monoisotopic (exact) mass is 538 g/mol. The van der Waals surface area contributed by atoms with Crippen molar-refractivity contribution >= 4 is 55.7 Å². The number of sulfonamides is 1. The number of pyridine rings is 1. The van der Waals surface area contributed by atoms with E-state index in [2.05, 4.69) is 15.6 Å². The zero-order valence-corrected chi connectivity index (χ0v) is 21.0. The fourth-order valence-electron chi connectivity index (χ4n) is 3.56. The number of halogens is 2. The first-order valence-corrected chi connectivity index (χ1v) is 13.1. The summed E-state index contributed by atoms with van der Waals surface area (Å²) in [7, 11) is -3.67. The van der Waals surface area contributed by atoms with Crippen molar-refractivity contribution in [3.63, 3.8) is 0 Å². The van der Waals surface area contributed by atoms with E-state index in [1.165, 1.54) is 22.5 Å². The molecule has 0 aliphatic carbocycles. The molecule has 2 aromatic carbocycles. The molecule has 1 aliphatic rings. The molecule has 1 saturated heterocycles. The van der Waals surface area contributed by atoms with Crippen molar-refractivity contribution < 1.29 is 22.7 Å². The van der Waals surface area contributed by atoms with Crippen LogP contribution in [0.5, 0.6) is 5.75 Å². The number of hydrogen-bond acceptors (Lipinski definition) is 7. The standard InChI is InChI=1S/C23H24Cl2N4O5S/c24-16-1-3-18-20(5-6-26-21(18)13-16)27-7-8-28-23(30)15-34-22-4-2-17(14-19(22)25)35(31,32)29-9-11-33-12-10-29/h1-6,13-14H,7-12,15H2,(H,26,27)(H,28,30). The quantitative estimate of drug-likeness (QED) is 0.402. The number of morpholine rings is 1. The van der Waals surface area contributed by atoms with Crippen LogP contribution in [0.4, 0.5) is 5.69 Å². The number of ether oxygens (including phenoxy) is 2. The number of carbonyl (C=O) groups excluding carboxylic acids is 1. The minimum Gasteiger partial charge on any atom is -0.482 e. The molecule has 1 amide bonds. The lowest BCUT2D eigenvalue weighted by Gasteiger charge is -2.26. The molecule has 3 aromatic rings. The number of amides is 1. The molecular weight excluding hydrogens is 515 g/mol. The normalized spacial score (nSPS) is 14.6. The molecule has 1 aliphatic heterocycles. The summed E-state index contributed by atoms with van der Waals surface area (Å²) in [4.78, 5) is 16.5. The van der Waals surface area contributed by atoms with Gasteiger partial charge in [-0.1, -0.05) is 23.2 Å². The van der Waals surface area contributed by atoms with E-state index < -0.39 is 10.0 Å². The molecule has 12 heteroatoms. The second kappa shape index (κ2) is 11.4. The lowest BCUT2D eigenvalue weighted by Crippen LogP contribution is -2.40. The van der Waals surface area contributed by atoms with Crippen LogP contribution in [0.2, 0.25) is 10.0 Å². The van der Waals surface area contributed by atoms with Crippen molar-refractivity contribution in [2.45, 2.75) is 4.90 Å². The summed E-state index contributed by atoms with van der Waals surface area (Å²) in [5, 5.41) is 7.68. The Labute approximate surface area is 213 Å². The van der Waals surface area contributed by atoms with Crippen LogP contribution in [0.15, 0.2) is 53.6 Å². The first-order chi connectivity index (χ1) is 16.8. The van der Waals surface area contributed by atoms with Crippen molar-refractivity contribution in [2.75, 3.05) is 51.3 Å². The smallest absolute Gasteiger partial charge is 0.258 e. The zero-order valence-electron chi connectivity index (χ0n) is 18.7. The minimum absolute atomic E-state index is 0.0678. The van der Waals surface area contributed by atoms with E-state index >= 15 is 0 Å². The van der Waals surface area contributed by atoms with E-state index in [1.54, 1.807) is 18.3 Å². The van der Waals surface area contributed by atoms with Crippen LogP contribution in [-0.4, -0.2) is 69.6 Å². The molecule has 0 radical (unpaired) electrons. The summed E-state index contributed by atoms with van der Waals surface area (Å²) in [6.07, 6.45) is 1.69. The summed E-state index contributed by atoms with van der Waals surface area (Å²) in [5.74, 6) is -0.109. The Bertz CT molecular complexity index is 1320. The maximum absolute atomic E-state index is 12.7. The van der Waals surface area contributed by atoms with Gasteiger partial charge >= 0.3 is 0 Å². The van der Waals surface area contributed by atoms with E-state index in [4.69, 9.17) is 32.7 Å². The zero-order chi connectivity index (χ0) is 24.8. The van der Waals surface area contributed by atoms with Gasteiger partial charge in [-0.15, -0.1) is 0 Å². The van der Waals surface area contributed by atoms with Gasteiger partial charge in [-0.05, 0) is 42.5 Å². The molecule has 186 valence electrons. The highest BCUT2D eigenvalue weighted by atomic mass is 35.5. The average Bonchev–Trinajstić information content (AvgIpc) is 2.86. The summed E-state index contributed by atoms with van der Waals surface area (Å²) >= 11 is 12.2. The maximum Gasteiger partial charge on any atom is 0.258 e. The number of anilines is 1. The molecular formula is C23H24Cl2N4O5S. The van der Waals surface area contributed by atoms with Gasteiger partial charge in [0.25, 0.3) is 5.91 Å². The van der Waals surface area contributed by atoms with Gasteiger partial charge in [0.15, 0.2) is 6.61 Å². The van der Waals surface area contributed by atoms with Crippen LogP contribution in [0.1, 0.15) is 0 Å². The molecule has 1 fully saturated rings. The number of nitrogens with one attached hydrogen (secondary N) is 2. The van der Waals surface area contributed by atoms with Gasteiger partial charge in [0.2, 0.25) is 10.0 Å². The van der Waals surface area contributed by atoms with Crippen LogP contribution >= 0.6 is 23.2 Å². The van der Waals surface area contributed by atoms with Crippen molar-refractivity contribution in [1.82, 2.24) is 14.6 Å². The van der Waals surface area contributed by atoms with Gasteiger partial charge in [0.05, 0.1) is 28.6 Å². The average molecular weight is 539 g/mol. The van der Waals surface area contributed by atoms with Crippen molar-refractivity contribution in [2.24, 2.45) is 0 Å². The summed E-state index contributed by atoms with van der Waals surface area (Å²) in [6.45, 7) is 1.88. The summed E-state index contributed by atoms with van der Waals surface area (Å²) < 4.78 is 37.5. The predicted molar refractivity (Wildman–Crippen MR) is 135 cm³/mol. The Morgan fingerprint density at radius 3 is 2.66 bits per heavy atom. The maximum atomic E-state index is 12.7. The summed E-state index contributed by atoms with van der Waals surface area (Å²) in [6, 6.07) is 11.5. The number of aromatic nitrogens is 1. The van der Waals surface area contributed by atoms with E-state index in [-0.39, 0.29) is 28.2 Å². The predicted octanol–water partition coefficient (Wildman–Crippen LogP) is 3.17. The van der Waals surface area contributed by atoms with Gasteiger partial charge in [-0.25, -0.2) is 8.42 Å². The van der Waals surface area contributed by atoms with Crippen LogP contribution in [0.3, 0.4) is 0 Å². The Morgan fingerprint density at radius 1 is 1.09 bits per heavy atom. The van der Waals surface area contributed by atoms with Crippen molar-refractivity contribution in [1.29, 1.82) is 0 Å². The van der Waals surface area contributed by atoms with Crippen LogP contribution < -0.4 is 15.4 Å². The third-order valence-electron chi connectivity index (χ3n) is 5.34. The molecule has 0 saturated carbocycles. The molecule has 2 N–H and O–H groups in total. The van der Waals surface area contributed by atoms with E-state index in [0.717, 1.165) is 16.6 Å². The fourth-order valence-corrected chi connectivity index (χ4v) is 5.46. The van der Waals surface area contributed by atoms with Gasteiger partial charge < -0.3 is 20.1 Å². The minimum atomic E-state index is -3.67. The third kappa shape index (κ3) is 6.33. The molecule has 0 bridgehead atoms. The molecule has 4 rings (SSSR count). The van der Waals surface area contributed by atoms with Crippen LogP contribution in [-0.2, 0) is 19.6 Å². The third-order valence-corrected chi connectivity index (χ3v) is 7.76. The van der Waals surface area contributed by atoms with Crippen molar-refractivity contribution in [3.8, 4) is 5.75 Å². The number of carbonyl (C=O) groups is 1. The Kier molecular flexibility index (Phi) is 8.30. The highest BCUT2D eigenvalue weighted by molar-refractivity contribution is 7.89. The topological polar surface area (TPSA) is 110 Å². The molecule has 35 heavy (non-hydrogen) atoms. The second-order valence-corrected chi connectivity index (χ2v) is 10.5. The number of nitrogens with zero attached hydrogens (tertiary/aromatic N) is 2. The molecule has 1 aromatic heterocycles. The van der Waals surface area contributed by atoms with E-state index in [1.807, 2.05) is 12.1 Å². The van der Waals surface area contributed by atoms with Gasteiger partial charge in [0.1, 0.15) is 5.75 Å². The summed E-state index contributed by atoms with van der Waals surface area (Å²) in [5.41, 5.74) is 1.66. The number of hydrogen-bond donors (Lipinski definition) is 2. The Hall–Kier alpha value is -2.63. The van der Waals surface area contributed by atoms with Gasteiger partial charge in [-0.3, -0.25) is 9.78 Å². The second-order valence-electron chi connectivity index (χ2n) is 7.69. The largest absolute Gasteiger partial charge is 0.482 e. The number of rotatable bonds is 9. The fraction of sp³-hybridized carbons (Fsp3) is 0.304. The lowest BCUT2D eigenvalue weighted by atomic mass is 10.2. The molecule has 0 unspecified atom stereocenters. The Balaban J connectivity index is 1.25. The highest BCUT2D eigenvalue weighted by Gasteiger charge is 2.27. The van der Waals surface area contributed by atoms with Crippen LogP contribution in [0, 0.1) is 0 Å². The Morgan fingerprint density at radius 2 is 1.89 bits per heavy atom. The first kappa shape index (κ1) is 25.5. The molecule has 0 atom stereocenters.